The van der Waals surface area contributed by atoms with E-state index in [0.717, 1.165) is 5.69 Å². The van der Waals surface area contributed by atoms with Gasteiger partial charge in [-0.25, -0.2) is 8.42 Å². The molecule has 0 spiro atoms. The average molecular weight is 286 g/mol. The number of para-hydroxylation sites is 1. The largest absolute Gasteiger partial charge is 0.360 e. The first kappa shape index (κ1) is 14.9. The number of hydrogen-bond acceptors (Lipinski definition) is 3. The fourth-order valence-corrected chi connectivity index (χ4v) is 2.48. The first-order valence-corrected chi connectivity index (χ1v) is 8.14. The predicted molar refractivity (Wildman–Crippen MR) is 79.6 cm³/mol. The van der Waals surface area contributed by atoms with Gasteiger partial charge < -0.3 is 10.6 Å². The molecule has 0 aromatic heterocycles. The van der Waals surface area contributed by atoms with E-state index in [4.69, 9.17) is 12.2 Å². The molecule has 18 heavy (non-hydrogen) atoms. The molecule has 0 amide bonds. The minimum atomic E-state index is -2.92. The van der Waals surface area contributed by atoms with Crippen molar-refractivity contribution < 1.29 is 8.42 Å². The Morgan fingerprint density at radius 1 is 1.33 bits per heavy atom. The van der Waals surface area contributed by atoms with Gasteiger partial charge in [-0.1, -0.05) is 18.2 Å². The van der Waals surface area contributed by atoms with Crippen molar-refractivity contribution in [1.29, 1.82) is 0 Å². The fraction of sp³-hybridized carbons (Fsp3) is 0.417. The Labute approximate surface area is 114 Å². The maximum absolute atomic E-state index is 11.0. The van der Waals surface area contributed by atoms with Crippen LogP contribution in [0, 0.1) is 0 Å². The highest BCUT2D eigenvalue weighted by Gasteiger charge is 2.08. The van der Waals surface area contributed by atoms with Gasteiger partial charge in [0.15, 0.2) is 5.11 Å². The number of hydrogen-bond donors (Lipinski definition) is 2. The molecule has 0 aliphatic heterocycles. The molecule has 2 N–H and O–H groups in total. The molecule has 1 rings (SSSR count). The van der Waals surface area contributed by atoms with Crippen molar-refractivity contribution in [3.05, 3.63) is 30.3 Å². The van der Waals surface area contributed by atoms with Crippen LogP contribution in [0.4, 0.5) is 5.69 Å². The molecule has 1 aromatic carbocycles. The van der Waals surface area contributed by atoms with Gasteiger partial charge in [-0.05, 0) is 37.7 Å². The summed E-state index contributed by atoms with van der Waals surface area (Å²) in [5.41, 5.74) is 0.908. The summed E-state index contributed by atoms with van der Waals surface area (Å²) in [6.07, 6.45) is 1.77. The number of anilines is 1. The van der Waals surface area contributed by atoms with Crippen molar-refractivity contribution in [3.63, 3.8) is 0 Å². The number of nitrogens with one attached hydrogen (secondary N) is 2. The summed E-state index contributed by atoms with van der Waals surface area (Å²) in [4.78, 5) is 0. The van der Waals surface area contributed by atoms with Gasteiger partial charge in [0, 0.05) is 18.0 Å². The van der Waals surface area contributed by atoms with Crippen LogP contribution in [0.2, 0.25) is 0 Å². The Morgan fingerprint density at radius 3 is 2.50 bits per heavy atom. The average Bonchev–Trinajstić information content (AvgIpc) is 2.26. The van der Waals surface area contributed by atoms with Crippen LogP contribution in [-0.4, -0.2) is 31.6 Å². The zero-order valence-corrected chi connectivity index (χ0v) is 12.1. The van der Waals surface area contributed by atoms with Crippen LogP contribution in [0.15, 0.2) is 30.3 Å². The lowest BCUT2D eigenvalue weighted by atomic mass is 10.3. The number of sulfone groups is 1. The number of thiocarbonyl (C=S) groups is 1. The first-order valence-electron chi connectivity index (χ1n) is 5.67. The Kier molecular flexibility index (Phi) is 5.55. The molecule has 0 saturated carbocycles. The summed E-state index contributed by atoms with van der Waals surface area (Å²) in [7, 11) is -2.92. The van der Waals surface area contributed by atoms with Gasteiger partial charge in [-0.3, -0.25) is 0 Å². The molecule has 6 heteroatoms. The Morgan fingerprint density at radius 2 is 1.94 bits per heavy atom. The molecule has 1 aromatic rings. The molecule has 0 heterocycles. The summed E-state index contributed by atoms with van der Waals surface area (Å²) in [6.45, 7) is 1.91. The van der Waals surface area contributed by atoms with Crippen molar-refractivity contribution in [3.8, 4) is 0 Å². The fourth-order valence-electron chi connectivity index (χ4n) is 1.38. The lowest BCUT2D eigenvalue weighted by Crippen LogP contribution is -2.36. The normalized spacial score (nSPS) is 12.8. The summed E-state index contributed by atoms with van der Waals surface area (Å²) in [5, 5.41) is 6.60. The van der Waals surface area contributed by atoms with Gasteiger partial charge in [0.1, 0.15) is 9.84 Å². The van der Waals surface area contributed by atoms with Crippen LogP contribution in [0.3, 0.4) is 0 Å². The van der Waals surface area contributed by atoms with Crippen molar-refractivity contribution in [1.82, 2.24) is 5.32 Å². The molecule has 100 valence electrons. The van der Waals surface area contributed by atoms with E-state index in [9.17, 15) is 8.42 Å². The summed E-state index contributed by atoms with van der Waals surface area (Å²) in [5.74, 6) is 0.162. The van der Waals surface area contributed by atoms with Crippen LogP contribution in [-0.2, 0) is 9.84 Å². The maximum Gasteiger partial charge on any atom is 0.170 e. The molecule has 4 nitrogen and oxygen atoms in total. The molecule has 0 fully saturated rings. The molecule has 0 unspecified atom stereocenters. The minimum Gasteiger partial charge on any atom is -0.360 e. The second-order valence-corrected chi connectivity index (χ2v) is 6.95. The summed E-state index contributed by atoms with van der Waals surface area (Å²) < 4.78 is 22.1. The Hall–Kier alpha value is -1.14. The highest BCUT2D eigenvalue weighted by atomic mass is 32.2. The molecule has 0 aliphatic carbocycles. The Balaban J connectivity index is 2.36. The molecular formula is C12H18N2O2S2. The van der Waals surface area contributed by atoms with Gasteiger partial charge in [0.25, 0.3) is 0 Å². The number of benzene rings is 1. The topological polar surface area (TPSA) is 58.2 Å². The van der Waals surface area contributed by atoms with E-state index in [2.05, 4.69) is 10.6 Å². The minimum absolute atomic E-state index is 0.0171. The maximum atomic E-state index is 11.0. The van der Waals surface area contributed by atoms with Crippen LogP contribution < -0.4 is 10.6 Å². The standard InChI is InChI=1S/C12H18N2O2S2/c1-10(8-9-18(2,15)16)13-12(17)14-11-6-4-3-5-7-11/h3-7,10H,8-9H2,1-2H3,(H2,13,14,17)/t10-/m1/s1. The van der Waals surface area contributed by atoms with Crippen molar-refractivity contribution in [2.45, 2.75) is 19.4 Å². The summed E-state index contributed by atoms with van der Waals surface area (Å²) >= 11 is 5.15. The molecule has 0 aliphatic rings. The van der Waals surface area contributed by atoms with E-state index in [0.29, 0.717) is 11.5 Å². The SMILES string of the molecule is C[C@H](CCS(C)(=O)=O)NC(=S)Nc1ccccc1. The molecule has 0 bridgehead atoms. The van der Waals surface area contributed by atoms with Crippen LogP contribution in [0.5, 0.6) is 0 Å². The molecule has 0 saturated heterocycles. The van der Waals surface area contributed by atoms with Crippen LogP contribution in [0.25, 0.3) is 0 Å². The monoisotopic (exact) mass is 286 g/mol. The highest BCUT2D eigenvalue weighted by molar-refractivity contribution is 7.90. The Bertz CT molecular complexity index is 486. The van der Waals surface area contributed by atoms with Crippen LogP contribution in [0.1, 0.15) is 13.3 Å². The second-order valence-electron chi connectivity index (χ2n) is 4.28. The van der Waals surface area contributed by atoms with E-state index >= 15 is 0 Å². The molecule has 1 atom stereocenters. The van der Waals surface area contributed by atoms with Gasteiger partial charge >= 0.3 is 0 Å². The van der Waals surface area contributed by atoms with Crippen LogP contribution >= 0.6 is 12.2 Å². The van der Waals surface area contributed by atoms with Crippen molar-refractivity contribution >= 4 is 32.9 Å². The molecule has 0 radical (unpaired) electrons. The third-order valence-electron chi connectivity index (χ3n) is 2.33. The van der Waals surface area contributed by atoms with Crippen molar-refractivity contribution in [2.24, 2.45) is 0 Å². The third kappa shape index (κ3) is 6.56. The smallest absolute Gasteiger partial charge is 0.170 e. The zero-order valence-electron chi connectivity index (χ0n) is 10.5. The third-order valence-corrected chi connectivity index (χ3v) is 3.53. The lowest BCUT2D eigenvalue weighted by Gasteiger charge is -2.16. The zero-order chi connectivity index (χ0) is 13.6. The second kappa shape index (κ2) is 6.70. The molecular weight excluding hydrogens is 268 g/mol. The van der Waals surface area contributed by atoms with Crippen molar-refractivity contribution in [2.75, 3.05) is 17.3 Å². The highest BCUT2D eigenvalue weighted by Crippen LogP contribution is 2.05. The first-order chi connectivity index (χ1) is 8.37. The predicted octanol–water partition coefficient (Wildman–Crippen LogP) is 1.80. The van der Waals surface area contributed by atoms with Gasteiger partial charge in [0.05, 0.1) is 5.75 Å². The van der Waals surface area contributed by atoms with E-state index in [-0.39, 0.29) is 11.8 Å². The van der Waals surface area contributed by atoms with Gasteiger partial charge in [-0.2, -0.15) is 0 Å². The summed E-state index contributed by atoms with van der Waals surface area (Å²) in [6, 6.07) is 9.60. The van der Waals surface area contributed by atoms with E-state index in [1.165, 1.54) is 6.26 Å². The van der Waals surface area contributed by atoms with Gasteiger partial charge in [0.2, 0.25) is 0 Å². The van der Waals surface area contributed by atoms with E-state index in [1.807, 2.05) is 37.3 Å². The number of rotatable bonds is 5. The van der Waals surface area contributed by atoms with E-state index < -0.39 is 9.84 Å². The lowest BCUT2D eigenvalue weighted by molar-refractivity contribution is 0.585. The quantitative estimate of drug-likeness (QED) is 0.808. The van der Waals surface area contributed by atoms with E-state index in [1.54, 1.807) is 0 Å². The van der Waals surface area contributed by atoms with Gasteiger partial charge in [-0.15, -0.1) is 0 Å².